The Hall–Kier alpha value is 0.100. The summed E-state index contributed by atoms with van der Waals surface area (Å²) in [6.45, 7) is 6.23. The van der Waals surface area contributed by atoms with Gasteiger partial charge in [-0.05, 0) is 19.8 Å². The molecule has 0 spiro atoms. The van der Waals surface area contributed by atoms with Crippen molar-refractivity contribution in [2.24, 2.45) is 0 Å². The van der Waals surface area contributed by atoms with Crippen molar-refractivity contribution >= 4 is 7.80 Å². The Balaban J connectivity index is 3.46. The minimum atomic E-state index is -0.892. The van der Waals surface area contributed by atoms with Crippen molar-refractivity contribution in [2.45, 2.75) is 39.3 Å². The van der Waals surface area contributed by atoms with Crippen LogP contribution in [0.5, 0.6) is 0 Å². The lowest BCUT2D eigenvalue weighted by molar-refractivity contribution is 0.578. The molecule has 0 N–H and O–H groups in total. The Morgan fingerprint density at radius 2 is 2.00 bits per heavy atom. The van der Waals surface area contributed by atoms with Gasteiger partial charge in [-0.3, -0.25) is 0 Å². The van der Waals surface area contributed by atoms with Crippen molar-refractivity contribution in [3.05, 3.63) is 0 Å². The molecule has 0 saturated heterocycles. The van der Waals surface area contributed by atoms with Gasteiger partial charge >= 0.3 is 7.80 Å². The molecule has 9 heavy (non-hydrogen) atoms. The molecule has 0 rings (SSSR count). The van der Waals surface area contributed by atoms with Crippen molar-refractivity contribution < 1.29 is 4.57 Å². The van der Waals surface area contributed by atoms with E-state index in [1.54, 1.807) is 0 Å². The summed E-state index contributed by atoms with van der Waals surface area (Å²) in [6.07, 6.45) is 3.01. The lowest BCUT2D eigenvalue weighted by Gasteiger charge is -1.92. The van der Waals surface area contributed by atoms with Crippen LogP contribution in [0, 0.1) is 0 Å². The summed E-state index contributed by atoms with van der Waals surface area (Å²) in [5.41, 5.74) is 0.431. The van der Waals surface area contributed by atoms with Crippen LogP contribution in [-0.4, -0.2) is 11.8 Å². The van der Waals surface area contributed by atoms with Crippen LogP contribution in [0.2, 0.25) is 0 Å². The molecule has 0 radical (unpaired) electrons. The Morgan fingerprint density at radius 1 is 1.44 bits per heavy atom. The van der Waals surface area contributed by atoms with E-state index in [4.69, 9.17) is 0 Å². The Kier molecular flexibility index (Phi) is 4.99. The van der Waals surface area contributed by atoms with E-state index in [1.807, 2.05) is 0 Å². The lowest BCUT2D eigenvalue weighted by atomic mass is 10.4. The van der Waals surface area contributed by atoms with Crippen molar-refractivity contribution in [3.8, 4) is 0 Å². The predicted molar refractivity (Wildman–Crippen MR) is 42.5 cm³/mol. The van der Waals surface area contributed by atoms with E-state index in [9.17, 15) is 4.57 Å². The van der Waals surface area contributed by atoms with Crippen LogP contribution in [0.3, 0.4) is 0 Å². The zero-order valence-electron chi connectivity index (χ0n) is 6.55. The number of hydrogen-bond acceptors (Lipinski definition) is 1. The summed E-state index contributed by atoms with van der Waals surface area (Å²) >= 11 is 0. The summed E-state index contributed by atoms with van der Waals surface area (Å²) in [5.74, 6) is 0. The van der Waals surface area contributed by atoms with Crippen LogP contribution < -0.4 is 0 Å². The van der Waals surface area contributed by atoms with E-state index in [2.05, 4.69) is 20.8 Å². The quantitative estimate of drug-likeness (QED) is 0.558. The van der Waals surface area contributed by atoms with Gasteiger partial charge in [0, 0.05) is 0 Å². The highest BCUT2D eigenvalue weighted by molar-refractivity contribution is 7.45. The summed E-state index contributed by atoms with van der Waals surface area (Å²) in [6, 6.07) is 0. The van der Waals surface area contributed by atoms with E-state index in [0.717, 1.165) is 19.0 Å². The molecule has 0 aliphatic heterocycles. The molecule has 2 heteroatoms. The van der Waals surface area contributed by atoms with Gasteiger partial charge in [0.15, 0.2) is 5.66 Å². The fraction of sp³-hybridized carbons (Fsp3) is 1.00. The maximum absolute atomic E-state index is 11.1. The summed E-state index contributed by atoms with van der Waals surface area (Å²) < 4.78 is 11.1. The molecule has 0 saturated carbocycles. The highest BCUT2D eigenvalue weighted by atomic mass is 31.1. The topological polar surface area (TPSA) is 17.1 Å². The maximum Gasteiger partial charge on any atom is 0.341 e. The smallest absolute Gasteiger partial charge is 0.0745 e. The third-order valence-electron chi connectivity index (χ3n) is 1.53. The minimum absolute atomic E-state index is 0.431. The van der Waals surface area contributed by atoms with Crippen LogP contribution in [0.25, 0.3) is 0 Å². The van der Waals surface area contributed by atoms with Gasteiger partial charge in [-0.25, -0.2) is 0 Å². The van der Waals surface area contributed by atoms with Crippen LogP contribution in [0.1, 0.15) is 33.6 Å². The molecular formula is C7H16OP+. The van der Waals surface area contributed by atoms with Gasteiger partial charge in [-0.1, -0.05) is 18.4 Å². The van der Waals surface area contributed by atoms with Gasteiger partial charge in [-0.2, -0.15) is 0 Å². The molecule has 2 unspecified atom stereocenters. The zero-order valence-corrected chi connectivity index (χ0v) is 7.45. The van der Waals surface area contributed by atoms with Gasteiger partial charge in [0.1, 0.15) is 6.16 Å². The molecule has 1 nitrogen and oxygen atoms in total. The molecule has 0 amide bonds. The normalized spacial score (nSPS) is 15.2. The molecule has 0 heterocycles. The highest BCUT2D eigenvalue weighted by Gasteiger charge is 2.20. The maximum atomic E-state index is 11.1. The lowest BCUT2D eigenvalue weighted by Crippen LogP contribution is -1.93. The van der Waals surface area contributed by atoms with Crippen LogP contribution in [-0.2, 0) is 4.57 Å². The minimum Gasteiger partial charge on any atom is -0.0745 e. The zero-order chi connectivity index (χ0) is 7.28. The second-order valence-corrected chi connectivity index (χ2v) is 4.56. The Morgan fingerprint density at radius 3 is 2.33 bits per heavy atom. The molecule has 0 aliphatic carbocycles. The Labute approximate surface area is 58.6 Å². The van der Waals surface area contributed by atoms with Gasteiger partial charge in [0.25, 0.3) is 0 Å². The SMILES string of the molecule is CCC[P+](=O)C(C)CC. The third-order valence-corrected chi connectivity index (χ3v) is 3.76. The fourth-order valence-corrected chi connectivity index (χ4v) is 1.93. The fourth-order valence-electron chi connectivity index (χ4n) is 0.644. The molecule has 0 bridgehead atoms. The van der Waals surface area contributed by atoms with E-state index in [1.165, 1.54) is 0 Å². The first-order valence-corrected chi connectivity index (χ1v) is 5.17. The second-order valence-electron chi connectivity index (χ2n) is 2.40. The highest BCUT2D eigenvalue weighted by Crippen LogP contribution is 2.29. The van der Waals surface area contributed by atoms with Gasteiger partial charge in [-0.15, -0.1) is 0 Å². The van der Waals surface area contributed by atoms with Crippen molar-refractivity contribution in [1.29, 1.82) is 0 Å². The first kappa shape index (κ1) is 9.10. The average Bonchev–Trinajstić information content (AvgIpc) is 1.87. The molecular weight excluding hydrogens is 131 g/mol. The van der Waals surface area contributed by atoms with Gasteiger partial charge < -0.3 is 0 Å². The summed E-state index contributed by atoms with van der Waals surface area (Å²) in [4.78, 5) is 0. The molecule has 0 aromatic carbocycles. The largest absolute Gasteiger partial charge is 0.341 e. The first-order valence-electron chi connectivity index (χ1n) is 3.66. The number of rotatable bonds is 4. The van der Waals surface area contributed by atoms with Crippen LogP contribution in [0.15, 0.2) is 0 Å². The molecule has 2 atom stereocenters. The van der Waals surface area contributed by atoms with E-state index in [-0.39, 0.29) is 0 Å². The van der Waals surface area contributed by atoms with E-state index < -0.39 is 7.80 Å². The van der Waals surface area contributed by atoms with Crippen molar-refractivity contribution in [1.82, 2.24) is 0 Å². The van der Waals surface area contributed by atoms with Gasteiger partial charge in [0.2, 0.25) is 0 Å². The number of hydrogen-bond donors (Lipinski definition) is 0. The Bertz CT molecular complexity index is 90.9. The van der Waals surface area contributed by atoms with E-state index in [0.29, 0.717) is 5.66 Å². The van der Waals surface area contributed by atoms with Crippen molar-refractivity contribution in [3.63, 3.8) is 0 Å². The molecule has 0 aromatic rings. The van der Waals surface area contributed by atoms with Gasteiger partial charge in [0.05, 0.1) is 0 Å². The summed E-state index contributed by atoms with van der Waals surface area (Å²) in [5, 5.41) is 0. The monoisotopic (exact) mass is 147 g/mol. The summed E-state index contributed by atoms with van der Waals surface area (Å²) in [7, 11) is -0.892. The average molecular weight is 147 g/mol. The van der Waals surface area contributed by atoms with Crippen LogP contribution >= 0.6 is 7.80 Å². The first-order chi connectivity index (χ1) is 4.22. The predicted octanol–water partition coefficient (Wildman–Crippen LogP) is 3.02. The molecule has 54 valence electrons. The third kappa shape index (κ3) is 3.64. The van der Waals surface area contributed by atoms with E-state index >= 15 is 0 Å². The standard InChI is InChI=1S/C7H16OP/c1-4-6-9(8)7(3)5-2/h7H,4-6H2,1-3H3/q+1. The van der Waals surface area contributed by atoms with Crippen molar-refractivity contribution in [2.75, 3.05) is 6.16 Å². The molecule has 0 fully saturated rings. The molecule has 0 aromatic heterocycles. The van der Waals surface area contributed by atoms with Crippen LogP contribution in [0.4, 0.5) is 0 Å². The molecule has 0 aliphatic rings. The second kappa shape index (κ2) is 4.93.